The maximum Gasteiger partial charge on any atom is 0.292 e. The van der Waals surface area contributed by atoms with E-state index < -0.39 is 0 Å². The predicted molar refractivity (Wildman–Crippen MR) is 90.3 cm³/mol. The van der Waals surface area contributed by atoms with Crippen LogP contribution in [0.15, 0.2) is 28.7 Å². The standard InChI is InChI=1S/C15H20BrNO.C2H4O2/c1-17(11-12-7-9-14(16)10-8-12)15(18)13-5-3-2-4-6-13;1-4-2-3/h7-10,13H,2-6,11H2,1H3;2H,1H3. The lowest BCUT2D eigenvalue weighted by Crippen LogP contribution is -2.33. The van der Waals surface area contributed by atoms with E-state index in [0.717, 1.165) is 17.3 Å². The van der Waals surface area contributed by atoms with Gasteiger partial charge in [0.2, 0.25) is 5.91 Å². The van der Waals surface area contributed by atoms with Crippen LogP contribution in [-0.4, -0.2) is 31.4 Å². The number of hydrogen-bond acceptors (Lipinski definition) is 3. The van der Waals surface area contributed by atoms with Crippen LogP contribution in [0.3, 0.4) is 0 Å². The Balaban J connectivity index is 0.000000541. The lowest BCUT2D eigenvalue weighted by atomic mass is 9.88. The largest absolute Gasteiger partial charge is 0.471 e. The number of halogens is 1. The number of amides is 1. The van der Waals surface area contributed by atoms with Crippen LogP contribution in [0.25, 0.3) is 0 Å². The van der Waals surface area contributed by atoms with Gasteiger partial charge in [-0.3, -0.25) is 9.59 Å². The summed E-state index contributed by atoms with van der Waals surface area (Å²) in [7, 11) is 3.23. The second-order valence-electron chi connectivity index (χ2n) is 5.49. The second kappa shape index (κ2) is 10.4. The molecule has 1 fully saturated rings. The first-order valence-corrected chi connectivity index (χ1v) is 8.33. The summed E-state index contributed by atoms with van der Waals surface area (Å²) in [5.74, 6) is 0.580. The SMILES string of the molecule is CN(Cc1ccc(Br)cc1)C(=O)C1CCCCC1.COC=O. The van der Waals surface area contributed by atoms with Gasteiger partial charge in [-0.1, -0.05) is 47.3 Å². The molecular formula is C17H24BrNO3. The molecule has 0 atom stereocenters. The Morgan fingerprint density at radius 3 is 2.32 bits per heavy atom. The summed E-state index contributed by atoms with van der Waals surface area (Å²) >= 11 is 3.42. The summed E-state index contributed by atoms with van der Waals surface area (Å²) in [4.78, 5) is 23.1. The molecule has 0 N–H and O–H groups in total. The number of carbonyl (C=O) groups excluding carboxylic acids is 2. The summed E-state index contributed by atoms with van der Waals surface area (Å²) < 4.78 is 4.94. The van der Waals surface area contributed by atoms with Gasteiger partial charge in [0.1, 0.15) is 0 Å². The summed E-state index contributed by atoms with van der Waals surface area (Å²) in [5.41, 5.74) is 1.19. The second-order valence-corrected chi connectivity index (χ2v) is 6.40. The van der Waals surface area contributed by atoms with E-state index in [1.807, 2.05) is 24.1 Å². The van der Waals surface area contributed by atoms with E-state index in [0.29, 0.717) is 18.9 Å². The Morgan fingerprint density at radius 1 is 1.27 bits per heavy atom. The van der Waals surface area contributed by atoms with Crippen molar-refractivity contribution < 1.29 is 14.3 Å². The molecule has 2 rings (SSSR count). The van der Waals surface area contributed by atoms with Crippen molar-refractivity contribution in [2.24, 2.45) is 5.92 Å². The number of ether oxygens (including phenoxy) is 1. The average Bonchev–Trinajstić information content (AvgIpc) is 2.57. The molecule has 122 valence electrons. The normalized spacial score (nSPS) is 14.5. The summed E-state index contributed by atoms with van der Waals surface area (Å²) in [6.07, 6.45) is 5.86. The van der Waals surface area contributed by atoms with Gasteiger partial charge in [0, 0.05) is 24.0 Å². The third kappa shape index (κ3) is 6.60. The first-order valence-electron chi connectivity index (χ1n) is 7.54. The Kier molecular flexibility index (Phi) is 8.82. The van der Waals surface area contributed by atoms with Gasteiger partial charge in [0.25, 0.3) is 6.47 Å². The Bertz CT molecular complexity index is 455. The molecule has 0 aliphatic heterocycles. The molecular weight excluding hydrogens is 346 g/mol. The van der Waals surface area contributed by atoms with E-state index in [2.05, 4.69) is 32.8 Å². The van der Waals surface area contributed by atoms with Gasteiger partial charge in [-0.25, -0.2) is 0 Å². The average molecular weight is 370 g/mol. The summed E-state index contributed by atoms with van der Waals surface area (Å²) in [6.45, 7) is 1.09. The summed E-state index contributed by atoms with van der Waals surface area (Å²) in [5, 5.41) is 0. The molecule has 1 aromatic rings. The first-order chi connectivity index (χ1) is 10.6. The summed E-state index contributed by atoms with van der Waals surface area (Å²) in [6, 6.07) is 8.17. The molecule has 0 aromatic heterocycles. The quantitative estimate of drug-likeness (QED) is 0.758. The maximum atomic E-state index is 12.3. The van der Waals surface area contributed by atoms with Crippen molar-refractivity contribution in [3.8, 4) is 0 Å². The lowest BCUT2D eigenvalue weighted by molar-refractivity contribution is -0.135. The molecule has 0 bridgehead atoms. The molecule has 0 unspecified atom stereocenters. The van der Waals surface area contributed by atoms with Crippen LogP contribution in [0, 0.1) is 5.92 Å². The monoisotopic (exact) mass is 369 g/mol. The highest BCUT2D eigenvalue weighted by atomic mass is 79.9. The third-order valence-corrected chi connectivity index (χ3v) is 4.29. The van der Waals surface area contributed by atoms with Crippen molar-refractivity contribution >= 4 is 28.3 Å². The molecule has 1 amide bonds. The first kappa shape index (κ1) is 18.7. The van der Waals surface area contributed by atoms with Gasteiger partial charge in [0.05, 0.1) is 7.11 Å². The smallest absolute Gasteiger partial charge is 0.292 e. The van der Waals surface area contributed by atoms with E-state index in [-0.39, 0.29) is 5.92 Å². The predicted octanol–water partition coefficient (Wildman–Crippen LogP) is 3.78. The van der Waals surface area contributed by atoms with Gasteiger partial charge in [-0.05, 0) is 30.5 Å². The van der Waals surface area contributed by atoms with E-state index in [1.54, 1.807) is 0 Å². The Hall–Kier alpha value is -1.36. The number of rotatable bonds is 4. The van der Waals surface area contributed by atoms with Crippen LogP contribution in [0.2, 0.25) is 0 Å². The number of carbonyl (C=O) groups is 2. The van der Waals surface area contributed by atoms with Gasteiger partial charge >= 0.3 is 0 Å². The van der Waals surface area contributed by atoms with E-state index in [9.17, 15) is 4.79 Å². The molecule has 1 aliphatic rings. The zero-order valence-electron chi connectivity index (χ0n) is 13.3. The van der Waals surface area contributed by atoms with Crippen molar-refractivity contribution in [3.63, 3.8) is 0 Å². The maximum absolute atomic E-state index is 12.3. The number of benzene rings is 1. The highest BCUT2D eigenvalue weighted by Gasteiger charge is 2.23. The molecule has 22 heavy (non-hydrogen) atoms. The molecule has 1 aliphatic carbocycles. The van der Waals surface area contributed by atoms with Crippen molar-refractivity contribution in [3.05, 3.63) is 34.3 Å². The topological polar surface area (TPSA) is 46.6 Å². The van der Waals surface area contributed by atoms with E-state index in [4.69, 9.17) is 4.79 Å². The van der Waals surface area contributed by atoms with Gasteiger partial charge in [-0.2, -0.15) is 0 Å². The van der Waals surface area contributed by atoms with Crippen LogP contribution in [-0.2, 0) is 20.9 Å². The molecule has 0 heterocycles. The van der Waals surface area contributed by atoms with Gasteiger partial charge in [0.15, 0.2) is 0 Å². The molecule has 1 aromatic carbocycles. The van der Waals surface area contributed by atoms with Crippen LogP contribution in [0.5, 0.6) is 0 Å². The number of hydrogen-bond donors (Lipinski definition) is 0. The van der Waals surface area contributed by atoms with Crippen molar-refractivity contribution in [2.45, 2.75) is 38.6 Å². The minimum absolute atomic E-state index is 0.263. The minimum atomic E-state index is 0.263. The molecule has 0 spiro atoms. The van der Waals surface area contributed by atoms with Gasteiger partial charge in [-0.15, -0.1) is 0 Å². The van der Waals surface area contributed by atoms with Crippen LogP contribution >= 0.6 is 15.9 Å². The zero-order chi connectivity index (χ0) is 16.4. The van der Waals surface area contributed by atoms with Crippen LogP contribution in [0.4, 0.5) is 0 Å². The third-order valence-electron chi connectivity index (χ3n) is 3.76. The molecule has 1 saturated carbocycles. The molecule has 0 saturated heterocycles. The fraction of sp³-hybridized carbons (Fsp3) is 0.529. The Labute approximate surface area is 141 Å². The molecule has 0 radical (unpaired) electrons. The number of methoxy groups -OCH3 is 1. The van der Waals surface area contributed by atoms with E-state index >= 15 is 0 Å². The highest BCUT2D eigenvalue weighted by Crippen LogP contribution is 2.25. The van der Waals surface area contributed by atoms with Gasteiger partial charge < -0.3 is 9.64 Å². The van der Waals surface area contributed by atoms with Crippen LogP contribution < -0.4 is 0 Å². The van der Waals surface area contributed by atoms with Crippen molar-refractivity contribution in [2.75, 3.05) is 14.2 Å². The molecule has 5 heteroatoms. The fourth-order valence-electron chi connectivity index (χ4n) is 2.60. The van der Waals surface area contributed by atoms with E-state index in [1.165, 1.54) is 31.9 Å². The fourth-order valence-corrected chi connectivity index (χ4v) is 2.87. The molecule has 4 nitrogen and oxygen atoms in total. The Morgan fingerprint density at radius 2 is 1.82 bits per heavy atom. The van der Waals surface area contributed by atoms with Crippen LogP contribution in [0.1, 0.15) is 37.7 Å². The lowest BCUT2D eigenvalue weighted by Gasteiger charge is -2.26. The minimum Gasteiger partial charge on any atom is -0.471 e. The van der Waals surface area contributed by atoms with Crippen molar-refractivity contribution in [1.29, 1.82) is 0 Å². The van der Waals surface area contributed by atoms with Crippen molar-refractivity contribution in [1.82, 2.24) is 4.90 Å². The number of nitrogens with zero attached hydrogens (tertiary/aromatic N) is 1. The highest BCUT2D eigenvalue weighted by molar-refractivity contribution is 9.10. The zero-order valence-corrected chi connectivity index (χ0v) is 14.8.